The van der Waals surface area contributed by atoms with Gasteiger partial charge in [-0.3, -0.25) is 9.79 Å². The van der Waals surface area contributed by atoms with E-state index in [1.807, 2.05) is 19.9 Å². The van der Waals surface area contributed by atoms with Gasteiger partial charge in [0, 0.05) is 25.6 Å². The zero-order valence-electron chi connectivity index (χ0n) is 15.2. The van der Waals surface area contributed by atoms with E-state index >= 15 is 0 Å². The molecule has 134 valence electrons. The second kappa shape index (κ2) is 12.4. The molecule has 1 unspecified atom stereocenters. The van der Waals surface area contributed by atoms with E-state index in [4.69, 9.17) is 4.74 Å². The van der Waals surface area contributed by atoms with Gasteiger partial charge in [-0.1, -0.05) is 30.3 Å². The molecule has 1 aromatic carbocycles. The second-order valence-corrected chi connectivity index (χ2v) is 5.74. The number of hydrogen-bond acceptors (Lipinski definition) is 3. The highest BCUT2D eigenvalue weighted by atomic mass is 16.5. The summed E-state index contributed by atoms with van der Waals surface area (Å²) in [5, 5.41) is 6.67. The van der Waals surface area contributed by atoms with Gasteiger partial charge in [0.2, 0.25) is 0 Å². The smallest absolute Gasteiger partial charge is 0.305 e. The Morgan fingerprint density at radius 1 is 1.25 bits per heavy atom. The van der Waals surface area contributed by atoms with Crippen LogP contribution in [0, 0.1) is 0 Å². The van der Waals surface area contributed by atoms with Gasteiger partial charge in [-0.15, -0.1) is 0 Å². The molecule has 1 rings (SSSR count). The van der Waals surface area contributed by atoms with Gasteiger partial charge in [0.05, 0.1) is 6.61 Å². The van der Waals surface area contributed by atoms with Crippen molar-refractivity contribution in [3.8, 4) is 0 Å². The van der Waals surface area contributed by atoms with Gasteiger partial charge < -0.3 is 15.4 Å². The van der Waals surface area contributed by atoms with E-state index in [1.165, 1.54) is 5.56 Å². The summed E-state index contributed by atoms with van der Waals surface area (Å²) in [7, 11) is 0. The number of esters is 1. The van der Waals surface area contributed by atoms with Crippen molar-refractivity contribution in [3.63, 3.8) is 0 Å². The molecule has 0 amide bonds. The Bertz CT molecular complexity index is 489. The van der Waals surface area contributed by atoms with Crippen molar-refractivity contribution in [2.45, 2.75) is 52.5 Å². The number of hydrogen-bond donors (Lipinski definition) is 2. The van der Waals surface area contributed by atoms with Gasteiger partial charge >= 0.3 is 5.97 Å². The van der Waals surface area contributed by atoms with Crippen LogP contribution in [-0.2, 0) is 16.0 Å². The Morgan fingerprint density at radius 3 is 2.67 bits per heavy atom. The Morgan fingerprint density at radius 2 is 2.00 bits per heavy atom. The summed E-state index contributed by atoms with van der Waals surface area (Å²) in [4.78, 5) is 15.8. The van der Waals surface area contributed by atoms with Crippen LogP contribution in [0.5, 0.6) is 0 Å². The lowest BCUT2D eigenvalue weighted by atomic mass is 10.1. The lowest BCUT2D eigenvalue weighted by molar-refractivity contribution is -0.143. The highest BCUT2D eigenvalue weighted by molar-refractivity contribution is 5.80. The van der Waals surface area contributed by atoms with Crippen LogP contribution in [0.1, 0.15) is 45.6 Å². The van der Waals surface area contributed by atoms with Gasteiger partial charge in [0.1, 0.15) is 0 Å². The molecule has 0 aliphatic carbocycles. The molecule has 24 heavy (non-hydrogen) atoms. The molecule has 0 saturated carbocycles. The zero-order chi connectivity index (χ0) is 17.6. The van der Waals surface area contributed by atoms with Crippen LogP contribution in [0.25, 0.3) is 0 Å². The topological polar surface area (TPSA) is 62.7 Å². The third-order valence-electron chi connectivity index (χ3n) is 3.55. The molecule has 0 heterocycles. The monoisotopic (exact) mass is 333 g/mol. The fraction of sp³-hybridized carbons (Fsp3) is 0.579. The third-order valence-corrected chi connectivity index (χ3v) is 3.55. The van der Waals surface area contributed by atoms with Gasteiger partial charge in [0.15, 0.2) is 5.96 Å². The SMILES string of the molecule is CCNC(=NCCCC(=O)OCC)NC(C)CCc1ccccc1. The number of aliphatic imine (C=N–C) groups is 1. The van der Waals surface area contributed by atoms with Gasteiger partial charge in [-0.05, 0) is 45.6 Å². The van der Waals surface area contributed by atoms with Crippen LogP contribution in [0.3, 0.4) is 0 Å². The lowest BCUT2D eigenvalue weighted by Crippen LogP contribution is -2.42. The molecule has 0 aliphatic rings. The van der Waals surface area contributed by atoms with Crippen molar-refractivity contribution in [3.05, 3.63) is 35.9 Å². The molecular weight excluding hydrogens is 302 g/mol. The molecule has 0 fully saturated rings. The average Bonchev–Trinajstić information content (AvgIpc) is 2.58. The van der Waals surface area contributed by atoms with E-state index in [2.05, 4.69) is 46.8 Å². The summed E-state index contributed by atoms with van der Waals surface area (Å²) in [5.74, 6) is 0.656. The lowest BCUT2D eigenvalue weighted by Gasteiger charge is -2.18. The summed E-state index contributed by atoms with van der Waals surface area (Å²) in [6, 6.07) is 10.8. The predicted octanol–water partition coefficient (Wildman–Crippen LogP) is 2.91. The van der Waals surface area contributed by atoms with Crippen LogP contribution in [0.2, 0.25) is 0 Å². The van der Waals surface area contributed by atoms with E-state index in [9.17, 15) is 4.79 Å². The second-order valence-electron chi connectivity index (χ2n) is 5.74. The minimum Gasteiger partial charge on any atom is -0.466 e. The number of aryl methyl sites for hydroxylation is 1. The van der Waals surface area contributed by atoms with Crippen molar-refractivity contribution < 1.29 is 9.53 Å². The number of nitrogens with one attached hydrogen (secondary N) is 2. The molecule has 0 spiro atoms. The number of guanidine groups is 1. The first-order valence-corrected chi connectivity index (χ1v) is 8.90. The maximum Gasteiger partial charge on any atom is 0.305 e. The molecule has 1 atom stereocenters. The first kappa shape index (κ1) is 20.0. The van der Waals surface area contributed by atoms with E-state index in [-0.39, 0.29) is 5.97 Å². The van der Waals surface area contributed by atoms with Crippen molar-refractivity contribution in [2.75, 3.05) is 19.7 Å². The molecule has 0 radical (unpaired) electrons. The first-order chi connectivity index (χ1) is 11.7. The number of nitrogens with zero attached hydrogens (tertiary/aromatic N) is 1. The van der Waals surface area contributed by atoms with E-state index in [1.54, 1.807) is 0 Å². The fourth-order valence-electron chi connectivity index (χ4n) is 2.30. The summed E-state index contributed by atoms with van der Waals surface area (Å²) >= 11 is 0. The van der Waals surface area contributed by atoms with Crippen molar-refractivity contribution in [2.24, 2.45) is 4.99 Å². The zero-order valence-corrected chi connectivity index (χ0v) is 15.2. The molecule has 5 nitrogen and oxygen atoms in total. The molecule has 1 aromatic rings. The van der Waals surface area contributed by atoms with E-state index in [0.29, 0.717) is 32.0 Å². The number of rotatable bonds is 10. The standard InChI is InChI=1S/C19H31N3O2/c1-4-20-19(21-15-9-12-18(23)24-5-2)22-16(3)13-14-17-10-7-6-8-11-17/h6-8,10-11,16H,4-5,9,12-15H2,1-3H3,(H2,20,21,22). The maximum atomic E-state index is 11.3. The fourth-order valence-corrected chi connectivity index (χ4v) is 2.30. The normalized spacial score (nSPS) is 12.5. The van der Waals surface area contributed by atoms with Crippen LogP contribution in [0.15, 0.2) is 35.3 Å². The number of carbonyl (C=O) groups is 1. The quantitative estimate of drug-likeness (QED) is 0.299. The molecule has 0 bridgehead atoms. The van der Waals surface area contributed by atoms with Crippen molar-refractivity contribution in [1.82, 2.24) is 10.6 Å². The minimum atomic E-state index is -0.151. The maximum absolute atomic E-state index is 11.3. The average molecular weight is 333 g/mol. The Labute approximate surface area is 145 Å². The van der Waals surface area contributed by atoms with Crippen LogP contribution in [-0.4, -0.2) is 37.7 Å². The van der Waals surface area contributed by atoms with Crippen LogP contribution >= 0.6 is 0 Å². The molecular formula is C19H31N3O2. The number of benzene rings is 1. The predicted molar refractivity (Wildman–Crippen MR) is 99.2 cm³/mol. The Hall–Kier alpha value is -2.04. The summed E-state index contributed by atoms with van der Waals surface area (Å²) < 4.78 is 4.92. The van der Waals surface area contributed by atoms with Crippen molar-refractivity contribution in [1.29, 1.82) is 0 Å². The van der Waals surface area contributed by atoms with Crippen LogP contribution in [0.4, 0.5) is 0 Å². The first-order valence-electron chi connectivity index (χ1n) is 8.90. The largest absolute Gasteiger partial charge is 0.466 e. The third kappa shape index (κ3) is 9.18. The summed E-state index contributed by atoms with van der Waals surface area (Å²) in [6.07, 6.45) is 3.20. The number of carbonyl (C=O) groups excluding carboxylic acids is 1. The summed E-state index contributed by atoms with van der Waals surface area (Å²) in [6.45, 7) is 7.89. The van der Waals surface area contributed by atoms with Gasteiger partial charge in [-0.2, -0.15) is 0 Å². The van der Waals surface area contributed by atoms with Crippen LogP contribution < -0.4 is 10.6 Å². The molecule has 5 heteroatoms. The Kier molecular flexibility index (Phi) is 10.3. The summed E-state index contributed by atoms with van der Waals surface area (Å²) in [5.41, 5.74) is 1.35. The van der Waals surface area contributed by atoms with E-state index in [0.717, 1.165) is 25.3 Å². The highest BCUT2D eigenvalue weighted by Crippen LogP contribution is 2.04. The number of ether oxygens (including phenoxy) is 1. The van der Waals surface area contributed by atoms with Gasteiger partial charge in [-0.25, -0.2) is 0 Å². The molecule has 0 saturated heterocycles. The van der Waals surface area contributed by atoms with Crippen molar-refractivity contribution >= 4 is 11.9 Å². The van der Waals surface area contributed by atoms with Gasteiger partial charge in [0.25, 0.3) is 0 Å². The molecule has 2 N–H and O–H groups in total. The molecule has 0 aliphatic heterocycles. The van der Waals surface area contributed by atoms with E-state index < -0.39 is 0 Å². The minimum absolute atomic E-state index is 0.151. The molecule has 0 aromatic heterocycles. The highest BCUT2D eigenvalue weighted by Gasteiger charge is 2.06. The Balaban J connectivity index is 2.34.